The van der Waals surface area contributed by atoms with Crippen LogP contribution in [0.25, 0.3) is 16.7 Å². The standard InChI is InChI=1S/C28H32Cl2N6O3S/c1-16-11-18(6-9-24(16)35-10-4-5-25(35)26(37)15-40(3,38)39)23-14-32-27-22(13-31)34-36(28(27)33-23)17(2)20-8-7-19(29)12-21(20)30/h6-8,12,14,16-17,24-26,37H,4-5,9-11,15H2,1-3H3/t16?,17?,24?,25-,26?/m0/s1. The minimum Gasteiger partial charge on any atom is -0.390 e. The number of rotatable bonds is 7. The van der Waals surface area contributed by atoms with E-state index < -0.39 is 15.9 Å². The Kier molecular flexibility index (Phi) is 8.24. The van der Waals surface area contributed by atoms with Gasteiger partial charge in [0.1, 0.15) is 21.4 Å². The molecule has 12 heteroatoms. The molecule has 212 valence electrons. The number of hydrogen-bond acceptors (Lipinski definition) is 8. The maximum absolute atomic E-state index is 11.8. The molecule has 3 aromatic rings. The molecule has 0 bridgehead atoms. The van der Waals surface area contributed by atoms with Crippen molar-refractivity contribution in [2.45, 2.75) is 63.8 Å². The fourth-order valence-electron chi connectivity index (χ4n) is 6.17. The van der Waals surface area contributed by atoms with Crippen molar-refractivity contribution in [1.82, 2.24) is 24.6 Å². The molecule has 9 nitrogen and oxygen atoms in total. The molecule has 5 atom stereocenters. The van der Waals surface area contributed by atoms with Crippen molar-refractivity contribution >= 4 is 49.8 Å². The van der Waals surface area contributed by atoms with Crippen LogP contribution in [0.1, 0.15) is 62.5 Å². The van der Waals surface area contributed by atoms with Gasteiger partial charge >= 0.3 is 0 Å². The third-order valence-electron chi connectivity index (χ3n) is 8.11. The van der Waals surface area contributed by atoms with Crippen LogP contribution in [0.15, 0.2) is 30.5 Å². The first kappa shape index (κ1) is 29.0. The summed E-state index contributed by atoms with van der Waals surface area (Å²) in [6.07, 6.45) is 7.39. The van der Waals surface area contributed by atoms with E-state index in [2.05, 4.69) is 34.1 Å². The van der Waals surface area contributed by atoms with Crippen LogP contribution >= 0.6 is 23.2 Å². The molecule has 1 saturated heterocycles. The van der Waals surface area contributed by atoms with Crippen LogP contribution in [0.3, 0.4) is 0 Å². The van der Waals surface area contributed by atoms with E-state index >= 15 is 0 Å². The highest BCUT2D eigenvalue weighted by molar-refractivity contribution is 7.90. The van der Waals surface area contributed by atoms with Gasteiger partial charge in [0.05, 0.1) is 29.8 Å². The van der Waals surface area contributed by atoms with Crippen molar-refractivity contribution in [2.24, 2.45) is 5.92 Å². The van der Waals surface area contributed by atoms with Gasteiger partial charge in [0.2, 0.25) is 0 Å². The Hall–Kier alpha value is -2.55. The van der Waals surface area contributed by atoms with Crippen molar-refractivity contribution in [3.8, 4) is 6.07 Å². The second-order valence-electron chi connectivity index (χ2n) is 11.0. The molecule has 2 aromatic heterocycles. The van der Waals surface area contributed by atoms with Gasteiger partial charge in [0.15, 0.2) is 11.3 Å². The molecule has 1 aliphatic heterocycles. The second kappa shape index (κ2) is 11.4. The summed E-state index contributed by atoms with van der Waals surface area (Å²) in [7, 11) is -3.27. The van der Waals surface area contributed by atoms with Crippen molar-refractivity contribution in [3.63, 3.8) is 0 Å². The van der Waals surface area contributed by atoms with Gasteiger partial charge in [-0.05, 0) is 68.3 Å². The summed E-state index contributed by atoms with van der Waals surface area (Å²) in [5.41, 5.74) is 3.74. The third-order valence-corrected chi connectivity index (χ3v) is 9.62. The number of hydrogen-bond donors (Lipinski definition) is 1. The summed E-state index contributed by atoms with van der Waals surface area (Å²) in [4.78, 5) is 11.8. The van der Waals surface area contributed by atoms with Gasteiger partial charge in [-0.2, -0.15) is 10.4 Å². The molecule has 0 saturated carbocycles. The average molecular weight is 604 g/mol. The summed E-state index contributed by atoms with van der Waals surface area (Å²) >= 11 is 12.6. The number of halogens is 2. The quantitative estimate of drug-likeness (QED) is 0.413. The maximum atomic E-state index is 11.8. The predicted octanol–water partition coefficient (Wildman–Crippen LogP) is 4.67. The Labute approximate surface area is 244 Å². The predicted molar refractivity (Wildman–Crippen MR) is 156 cm³/mol. The van der Waals surface area contributed by atoms with E-state index in [0.717, 1.165) is 49.1 Å². The van der Waals surface area contributed by atoms with Crippen LogP contribution in [0.5, 0.6) is 0 Å². The van der Waals surface area contributed by atoms with Crippen molar-refractivity contribution < 1.29 is 13.5 Å². The van der Waals surface area contributed by atoms with Gasteiger partial charge in [-0.3, -0.25) is 4.90 Å². The lowest BCUT2D eigenvalue weighted by Gasteiger charge is -2.40. The molecule has 0 amide bonds. The Morgan fingerprint density at radius 2 is 2.08 bits per heavy atom. The normalized spacial score (nSPS) is 23.6. The highest BCUT2D eigenvalue weighted by Crippen LogP contribution is 2.37. The van der Waals surface area contributed by atoms with E-state index in [9.17, 15) is 18.8 Å². The Bertz CT molecular complexity index is 1620. The molecule has 5 rings (SSSR count). The smallest absolute Gasteiger partial charge is 0.190 e. The number of nitriles is 1. The van der Waals surface area contributed by atoms with Crippen LogP contribution in [0.4, 0.5) is 0 Å². The lowest BCUT2D eigenvalue weighted by molar-refractivity contribution is 0.0463. The van der Waals surface area contributed by atoms with Crippen LogP contribution in [-0.2, 0) is 9.84 Å². The van der Waals surface area contributed by atoms with E-state index in [1.165, 1.54) is 6.26 Å². The van der Waals surface area contributed by atoms with Crippen LogP contribution in [0.2, 0.25) is 10.0 Å². The van der Waals surface area contributed by atoms with E-state index in [0.29, 0.717) is 21.2 Å². The zero-order valence-electron chi connectivity index (χ0n) is 22.6. The largest absolute Gasteiger partial charge is 0.390 e. The SMILES string of the molecule is CC1CC(c2cnc3c(C#N)nn(C(C)c4ccc(Cl)cc4Cl)c3n2)=CCC1N1CCC[C@H]1C(O)CS(C)(=O)=O. The van der Waals surface area contributed by atoms with Crippen molar-refractivity contribution in [3.05, 3.63) is 57.5 Å². The average Bonchev–Trinajstić information content (AvgIpc) is 3.52. The fourth-order valence-corrected chi connectivity index (χ4v) is 7.58. The third kappa shape index (κ3) is 5.76. The highest BCUT2D eigenvalue weighted by atomic mass is 35.5. The molecule has 3 heterocycles. The topological polar surface area (TPSA) is 125 Å². The number of fused-ring (bicyclic) bond motifs is 1. The molecule has 1 fully saturated rings. The number of aromatic nitrogens is 4. The number of aliphatic hydroxyl groups is 1. The number of aliphatic hydroxyl groups excluding tert-OH is 1. The van der Waals surface area contributed by atoms with Gasteiger partial charge in [-0.15, -0.1) is 0 Å². The van der Waals surface area contributed by atoms with Gasteiger partial charge in [-0.1, -0.05) is 42.3 Å². The Balaban J connectivity index is 1.43. The van der Waals surface area contributed by atoms with Gasteiger partial charge in [-0.25, -0.2) is 23.1 Å². The monoisotopic (exact) mass is 602 g/mol. The summed E-state index contributed by atoms with van der Waals surface area (Å²) in [6.45, 7) is 4.97. The van der Waals surface area contributed by atoms with E-state index in [-0.39, 0.29) is 35.5 Å². The minimum atomic E-state index is -3.27. The number of allylic oxidation sites excluding steroid dienone is 1. The molecule has 40 heavy (non-hydrogen) atoms. The molecule has 1 aromatic carbocycles. The number of benzene rings is 1. The lowest BCUT2D eigenvalue weighted by Crippen LogP contribution is -2.50. The number of sulfone groups is 1. The van der Waals surface area contributed by atoms with E-state index in [1.807, 2.05) is 13.0 Å². The Morgan fingerprint density at radius 1 is 1.30 bits per heavy atom. The number of nitrogens with zero attached hydrogens (tertiary/aromatic N) is 6. The van der Waals surface area contributed by atoms with Crippen LogP contribution in [-0.4, -0.2) is 74.9 Å². The first-order chi connectivity index (χ1) is 19.0. The minimum absolute atomic E-state index is 0.159. The Morgan fingerprint density at radius 3 is 2.75 bits per heavy atom. The first-order valence-electron chi connectivity index (χ1n) is 13.4. The second-order valence-corrected chi connectivity index (χ2v) is 14.0. The first-order valence-corrected chi connectivity index (χ1v) is 16.2. The highest BCUT2D eigenvalue weighted by Gasteiger charge is 2.39. The molecule has 0 radical (unpaired) electrons. The van der Waals surface area contributed by atoms with E-state index in [4.69, 9.17) is 28.2 Å². The molecule has 2 aliphatic rings. The van der Waals surface area contributed by atoms with Crippen LogP contribution in [0, 0.1) is 17.2 Å². The van der Waals surface area contributed by atoms with Crippen LogP contribution < -0.4 is 0 Å². The molecule has 1 N–H and O–H groups in total. The summed E-state index contributed by atoms with van der Waals surface area (Å²) in [5.74, 6) is 0.0409. The van der Waals surface area contributed by atoms with E-state index in [1.54, 1.807) is 23.0 Å². The summed E-state index contributed by atoms with van der Waals surface area (Å²) < 4.78 is 25.3. The van der Waals surface area contributed by atoms with Gasteiger partial charge < -0.3 is 5.11 Å². The molecule has 0 spiro atoms. The summed E-state index contributed by atoms with van der Waals surface area (Å²) in [5, 5.41) is 26.0. The molecule has 1 aliphatic carbocycles. The van der Waals surface area contributed by atoms with Gasteiger partial charge in [0.25, 0.3) is 0 Å². The summed E-state index contributed by atoms with van der Waals surface area (Å²) in [6, 6.07) is 7.14. The zero-order valence-corrected chi connectivity index (χ0v) is 25.0. The van der Waals surface area contributed by atoms with Gasteiger partial charge in [0, 0.05) is 28.4 Å². The molecular weight excluding hydrogens is 571 g/mol. The lowest BCUT2D eigenvalue weighted by atomic mass is 9.83. The number of likely N-dealkylation sites (tertiary alicyclic amines) is 1. The fraction of sp³-hybridized carbons (Fsp3) is 0.500. The molecular formula is C28H32Cl2N6O3S. The van der Waals surface area contributed by atoms with Crippen molar-refractivity contribution in [1.29, 1.82) is 5.26 Å². The van der Waals surface area contributed by atoms with Crippen molar-refractivity contribution in [2.75, 3.05) is 18.6 Å². The zero-order chi connectivity index (χ0) is 28.8. The maximum Gasteiger partial charge on any atom is 0.190 e. The molecule has 4 unspecified atom stereocenters.